The monoisotopic (exact) mass is 376 g/mol. The van der Waals surface area contributed by atoms with Gasteiger partial charge in [-0.25, -0.2) is 17.6 Å². The third-order valence-electron chi connectivity index (χ3n) is 3.84. The van der Waals surface area contributed by atoms with Crippen LogP contribution in [0.4, 0.5) is 15.8 Å². The molecule has 136 valence electrons. The lowest BCUT2D eigenvalue weighted by Crippen LogP contribution is -2.21. The highest BCUT2D eigenvalue weighted by atomic mass is 32.2. The molecule has 2 aromatic carbocycles. The van der Waals surface area contributed by atoms with Crippen LogP contribution >= 0.6 is 0 Å². The van der Waals surface area contributed by atoms with Crippen molar-refractivity contribution in [1.29, 1.82) is 0 Å². The molecule has 0 spiro atoms. The van der Waals surface area contributed by atoms with Gasteiger partial charge in [0.05, 0.1) is 10.6 Å². The van der Waals surface area contributed by atoms with E-state index in [0.717, 1.165) is 6.07 Å². The van der Waals surface area contributed by atoms with Gasteiger partial charge in [0.25, 0.3) is 10.0 Å². The predicted molar refractivity (Wildman–Crippen MR) is 98.6 cm³/mol. The van der Waals surface area contributed by atoms with Gasteiger partial charge < -0.3 is 9.73 Å². The smallest absolute Gasteiger partial charge is 0.363 e. The van der Waals surface area contributed by atoms with Gasteiger partial charge in [-0.05, 0) is 43.7 Å². The van der Waals surface area contributed by atoms with Gasteiger partial charge in [0.2, 0.25) is 0 Å². The summed E-state index contributed by atoms with van der Waals surface area (Å²) in [7, 11) is -4.19. The van der Waals surface area contributed by atoms with Crippen molar-refractivity contribution >= 4 is 32.4 Å². The maximum atomic E-state index is 13.5. The number of fused-ring (bicyclic) bond motifs is 1. The van der Waals surface area contributed by atoms with E-state index in [1.54, 1.807) is 31.2 Å². The molecule has 6 nitrogen and oxygen atoms in total. The zero-order chi connectivity index (χ0) is 18.9. The fourth-order valence-corrected chi connectivity index (χ4v) is 3.98. The Labute approximate surface area is 149 Å². The van der Waals surface area contributed by atoms with Crippen molar-refractivity contribution in [3.05, 3.63) is 64.3 Å². The summed E-state index contributed by atoms with van der Waals surface area (Å²) in [5, 5.41) is 3.56. The van der Waals surface area contributed by atoms with Crippen molar-refractivity contribution in [1.82, 2.24) is 0 Å². The lowest BCUT2D eigenvalue weighted by atomic mass is 10.2. The normalized spacial score (nSPS) is 11.5. The van der Waals surface area contributed by atoms with Crippen LogP contribution in [-0.4, -0.2) is 15.0 Å². The van der Waals surface area contributed by atoms with Crippen molar-refractivity contribution in [2.45, 2.75) is 18.7 Å². The Bertz CT molecular complexity index is 1140. The van der Waals surface area contributed by atoms with Gasteiger partial charge in [-0.1, -0.05) is 18.2 Å². The number of hydrogen-bond donors (Lipinski definition) is 2. The van der Waals surface area contributed by atoms with E-state index in [-0.39, 0.29) is 10.6 Å². The number of sulfonamides is 1. The van der Waals surface area contributed by atoms with Crippen LogP contribution in [0.3, 0.4) is 0 Å². The molecular weight excluding hydrogens is 359 g/mol. The maximum Gasteiger partial charge on any atom is 0.363 e. The summed E-state index contributed by atoms with van der Waals surface area (Å²) < 4.78 is 46.5. The summed E-state index contributed by atoms with van der Waals surface area (Å²) in [6.07, 6.45) is 0. The van der Waals surface area contributed by atoms with E-state index in [1.807, 2.05) is 6.92 Å². The highest BCUT2D eigenvalue weighted by Crippen LogP contribution is 2.30. The molecule has 2 N–H and O–H groups in total. The van der Waals surface area contributed by atoms with Gasteiger partial charge in [0, 0.05) is 11.9 Å². The van der Waals surface area contributed by atoms with Gasteiger partial charge in [-0.2, -0.15) is 0 Å². The molecule has 0 saturated heterocycles. The Morgan fingerprint density at radius 1 is 1.12 bits per heavy atom. The van der Waals surface area contributed by atoms with Crippen LogP contribution in [-0.2, 0) is 10.0 Å². The quantitative estimate of drug-likeness (QED) is 0.666. The average molecular weight is 376 g/mol. The number of para-hydroxylation sites is 1. The van der Waals surface area contributed by atoms with Crippen LogP contribution in [0.25, 0.3) is 11.0 Å². The molecule has 0 amide bonds. The summed E-state index contributed by atoms with van der Waals surface area (Å²) in [4.78, 5) is 12.1. The Balaban J connectivity index is 2.19. The molecule has 0 fully saturated rings. The Morgan fingerprint density at radius 2 is 1.85 bits per heavy atom. The van der Waals surface area contributed by atoms with E-state index in [9.17, 15) is 17.6 Å². The summed E-state index contributed by atoms with van der Waals surface area (Å²) >= 11 is 0. The predicted octanol–water partition coefficient (Wildman–Crippen LogP) is 3.47. The molecule has 0 radical (unpaired) electrons. The molecule has 0 atom stereocenters. The van der Waals surface area contributed by atoms with E-state index in [2.05, 4.69) is 10.0 Å². The van der Waals surface area contributed by atoms with Crippen LogP contribution in [0.5, 0.6) is 0 Å². The van der Waals surface area contributed by atoms with Crippen molar-refractivity contribution in [2.75, 3.05) is 16.6 Å². The standard InChI is InChI=1S/C18H17FN2O4S/c1-3-20-16-13-6-4-5-7-14(13)25-18(22)17(16)21-26(23,24)15-10-12(19)9-8-11(15)2/h4-10,20-21H,3H2,1-2H3. The summed E-state index contributed by atoms with van der Waals surface area (Å²) in [6, 6.07) is 10.2. The molecular formula is C18H17FN2O4S. The highest BCUT2D eigenvalue weighted by Gasteiger charge is 2.23. The molecule has 26 heavy (non-hydrogen) atoms. The molecule has 3 aromatic rings. The molecule has 0 aliphatic rings. The number of hydrogen-bond acceptors (Lipinski definition) is 5. The van der Waals surface area contributed by atoms with E-state index in [1.165, 1.54) is 12.1 Å². The van der Waals surface area contributed by atoms with Gasteiger partial charge >= 0.3 is 5.63 Å². The van der Waals surface area contributed by atoms with Gasteiger partial charge in [0.1, 0.15) is 11.4 Å². The van der Waals surface area contributed by atoms with Crippen LogP contribution in [0.15, 0.2) is 56.6 Å². The number of rotatable bonds is 5. The zero-order valence-corrected chi connectivity index (χ0v) is 15.0. The summed E-state index contributed by atoms with van der Waals surface area (Å²) in [5.41, 5.74) is -0.0733. The first kappa shape index (κ1) is 17.9. The molecule has 0 aliphatic carbocycles. The maximum absolute atomic E-state index is 13.5. The lowest BCUT2D eigenvalue weighted by Gasteiger charge is -2.15. The Morgan fingerprint density at radius 3 is 2.58 bits per heavy atom. The van der Waals surface area contributed by atoms with Crippen molar-refractivity contribution in [3.63, 3.8) is 0 Å². The van der Waals surface area contributed by atoms with Crippen molar-refractivity contribution < 1.29 is 17.2 Å². The number of nitrogens with one attached hydrogen (secondary N) is 2. The minimum Gasteiger partial charge on any atom is -0.421 e. The molecule has 1 heterocycles. The minimum atomic E-state index is -4.19. The first-order valence-corrected chi connectivity index (χ1v) is 9.40. The van der Waals surface area contributed by atoms with Gasteiger partial charge in [-0.15, -0.1) is 0 Å². The average Bonchev–Trinajstić information content (AvgIpc) is 2.60. The van der Waals surface area contributed by atoms with Gasteiger partial charge in [-0.3, -0.25) is 4.72 Å². The van der Waals surface area contributed by atoms with E-state index >= 15 is 0 Å². The molecule has 8 heteroatoms. The second kappa shape index (κ2) is 6.80. The second-order valence-corrected chi connectivity index (χ2v) is 7.33. The minimum absolute atomic E-state index is 0.241. The number of benzene rings is 2. The van der Waals surface area contributed by atoms with E-state index in [0.29, 0.717) is 28.8 Å². The van der Waals surface area contributed by atoms with Crippen LogP contribution < -0.4 is 15.7 Å². The fraction of sp³-hybridized carbons (Fsp3) is 0.167. The van der Waals surface area contributed by atoms with Crippen molar-refractivity contribution in [2.24, 2.45) is 0 Å². The van der Waals surface area contributed by atoms with Gasteiger partial charge in [0.15, 0.2) is 5.69 Å². The topological polar surface area (TPSA) is 88.4 Å². The Hall–Kier alpha value is -2.87. The van der Waals surface area contributed by atoms with E-state index < -0.39 is 21.5 Å². The Kier molecular flexibility index (Phi) is 4.69. The van der Waals surface area contributed by atoms with Crippen molar-refractivity contribution in [3.8, 4) is 0 Å². The molecule has 0 saturated carbocycles. The first-order valence-electron chi connectivity index (χ1n) is 7.92. The zero-order valence-electron chi connectivity index (χ0n) is 14.2. The van der Waals surface area contributed by atoms with E-state index in [4.69, 9.17) is 4.42 Å². The number of anilines is 2. The largest absolute Gasteiger partial charge is 0.421 e. The third kappa shape index (κ3) is 3.28. The second-order valence-electron chi connectivity index (χ2n) is 5.68. The third-order valence-corrected chi connectivity index (χ3v) is 5.33. The molecule has 1 aromatic heterocycles. The van der Waals surface area contributed by atoms with Crippen LogP contribution in [0, 0.1) is 12.7 Å². The number of halogens is 1. The molecule has 3 rings (SSSR count). The summed E-state index contributed by atoms with van der Waals surface area (Å²) in [5.74, 6) is -0.687. The molecule has 0 unspecified atom stereocenters. The van der Waals surface area contributed by atoms with Crippen LogP contribution in [0.1, 0.15) is 12.5 Å². The highest BCUT2D eigenvalue weighted by molar-refractivity contribution is 7.92. The first-order chi connectivity index (χ1) is 12.3. The fourth-order valence-electron chi connectivity index (χ4n) is 2.66. The number of aryl methyl sites for hydroxylation is 1. The molecule has 0 bridgehead atoms. The van der Waals surface area contributed by atoms with Crippen LogP contribution in [0.2, 0.25) is 0 Å². The molecule has 0 aliphatic heterocycles. The summed E-state index contributed by atoms with van der Waals surface area (Å²) in [6.45, 7) is 3.82. The lowest BCUT2D eigenvalue weighted by molar-refractivity contribution is 0.563. The SMILES string of the molecule is CCNc1c(NS(=O)(=O)c2cc(F)ccc2C)c(=O)oc2ccccc12.